The molecule has 1 aliphatic rings. The van der Waals surface area contributed by atoms with E-state index in [2.05, 4.69) is 5.32 Å². The van der Waals surface area contributed by atoms with E-state index < -0.39 is 23.7 Å². The lowest BCUT2D eigenvalue weighted by atomic mass is 9.80. The number of carbonyl (C=O) groups is 2. The van der Waals surface area contributed by atoms with Gasteiger partial charge >= 0.3 is 11.9 Å². The zero-order chi connectivity index (χ0) is 24.8. The van der Waals surface area contributed by atoms with Crippen LogP contribution >= 0.6 is 11.6 Å². The number of halogens is 2. The Balaban J connectivity index is 1.83. The predicted molar refractivity (Wildman–Crippen MR) is 128 cm³/mol. The summed E-state index contributed by atoms with van der Waals surface area (Å²) >= 11 is 6.28. The van der Waals surface area contributed by atoms with Gasteiger partial charge in [0.05, 0.1) is 29.2 Å². The minimum Gasteiger partial charge on any atom is -0.466 e. The third-order valence-electron chi connectivity index (χ3n) is 5.68. The van der Waals surface area contributed by atoms with Crippen LogP contribution in [0.2, 0.25) is 5.02 Å². The van der Waals surface area contributed by atoms with Crippen molar-refractivity contribution in [2.75, 3.05) is 27.3 Å². The first-order valence-corrected chi connectivity index (χ1v) is 11.2. The highest BCUT2D eigenvalue weighted by Gasteiger charge is 2.39. The van der Waals surface area contributed by atoms with Crippen molar-refractivity contribution in [3.05, 3.63) is 93.0 Å². The smallest absolute Gasteiger partial charge is 0.336 e. The Hall–Kier alpha value is -3.16. The third kappa shape index (κ3) is 5.66. The van der Waals surface area contributed by atoms with E-state index >= 15 is 0 Å². The predicted octanol–water partition coefficient (Wildman–Crippen LogP) is 4.56. The highest BCUT2D eigenvalue weighted by Crippen LogP contribution is 2.42. The van der Waals surface area contributed by atoms with Crippen LogP contribution in [0.4, 0.5) is 4.39 Å². The van der Waals surface area contributed by atoms with Gasteiger partial charge in [-0.2, -0.15) is 0 Å². The van der Waals surface area contributed by atoms with Crippen LogP contribution < -0.4 is 5.32 Å². The van der Waals surface area contributed by atoms with E-state index in [9.17, 15) is 14.0 Å². The number of allylic oxidation sites excluding steroid dienone is 2. The fraction of sp³-hybridized carbons (Fsp3) is 0.308. The van der Waals surface area contributed by atoms with Crippen LogP contribution in [0, 0.1) is 5.82 Å². The van der Waals surface area contributed by atoms with E-state index in [-0.39, 0.29) is 28.3 Å². The van der Waals surface area contributed by atoms with Crippen LogP contribution in [-0.4, -0.2) is 44.1 Å². The third-order valence-corrected chi connectivity index (χ3v) is 6.08. The largest absolute Gasteiger partial charge is 0.466 e. The van der Waals surface area contributed by atoms with Crippen LogP contribution in [0.15, 0.2) is 71.1 Å². The van der Waals surface area contributed by atoms with Gasteiger partial charge in [-0.1, -0.05) is 54.1 Å². The zero-order valence-corrected chi connectivity index (χ0v) is 20.4. The van der Waals surface area contributed by atoms with Crippen molar-refractivity contribution in [2.45, 2.75) is 26.3 Å². The molecule has 1 unspecified atom stereocenters. The number of dihydropyridines is 1. The van der Waals surface area contributed by atoms with Gasteiger partial charge in [-0.25, -0.2) is 14.0 Å². The van der Waals surface area contributed by atoms with Gasteiger partial charge in [0, 0.05) is 24.5 Å². The Morgan fingerprint density at radius 2 is 1.68 bits per heavy atom. The number of benzene rings is 2. The molecule has 1 heterocycles. The summed E-state index contributed by atoms with van der Waals surface area (Å²) < 4.78 is 24.9. The quantitative estimate of drug-likeness (QED) is 0.552. The first-order chi connectivity index (χ1) is 16.2. The van der Waals surface area contributed by atoms with E-state index in [4.69, 9.17) is 21.1 Å². The van der Waals surface area contributed by atoms with E-state index in [1.807, 2.05) is 42.3 Å². The summed E-state index contributed by atoms with van der Waals surface area (Å²) in [6, 6.07) is 14.3. The molecule has 1 aliphatic heterocycles. The first kappa shape index (κ1) is 25.5. The summed E-state index contributed by atoms with van der Waals surface area (Å²) in [5, 5.41) is 2.89. The minimum atomic E-state index is -0.938. The molecule has 34 heavy (non-hydrogen) atoms. The second kappa shape index (κ2) is 11.3. The molecule has 0 spiro atoms. The van der Waals surface area contributed by atoms with Crippen molar-refractivity contribution in [3.63, 3.8) is 0 Å². The van der Waals surface area contributed by atoms with Gasteiger partial charge in [0.25, 0.3) is 0 Å². The van der Waals surface area contributed by atoms with E-state index in [1.165, 1.54) is 19.2 Å². The normalized spacial score (nSPS) is 15.9. The summed E-state index contributed by atoms with van der Waals surface area (Å²) in [4.78, 5) is 27.9. The molecule has 2 aromatic carbocycles. The maximum atomic E-state index is 14.3. The molecule has 2 aromatic rings. The van der Waals surface area contributed by atoms with Crippen molar-refractivity contribution < 1.29 is 23.5 Å². The molecule has 0 bridgehead atoms. The number of methoxy groups -OCH3 is 1. The molecule has 0 amide bonds. The topological polar surface area (TPSA) is 67.9 Å². The Morgan fingerprint density at radius 1 is 1.03 bits per heavy atom. The second-order valence-corrected chi connectivity index (χ2v) is 8.51. The molecule has 0 saturated carbocycles. The molecule has 180 valence electrons. The van der Waals surface area contributed by atoms with Crippen LogP contribution in [0.25, 0.3) is 0 Å². The number of hydrogen-bond donors (Lipinski definition) is 1. The number of hydrogen-bond acceptors (Lipinski definition) is 6. The molecule has 1 atom stereocenters. The van der Waals surface area contributed by atoms with Gasteiger partial charge in [-0.15, -0.1) is 0 Å². The summed E-state index contributed by atoms with van der Waals surface area (Å²) in [6.45, 7) is 4.74. The average Bonchev–Trinajstić information content (AvgIpc) is 2.80. The van der Waals surface area contributed by atoms with Gasteiger partial charge < -0.3 is 14.8 Å². The molecule has 0 saturated heterocycles. The molecule has 1 N–H and O–H groups in total. The monoisotopic (exact) mass is 486 g/mol. The number of likely N-dealkylation sites (N-methyl/N-ethyl adjacent to an activating group) is 1. The fourth-order valence-corrected chi connectivity index (χ4v) is 4.28. The molecule has 0 fully saturated rings. The minimum absolute atomic E-state index is 0.138. The van der Waals surface area contributed by atoms with Crippen molar-refractivity contribution in [1.29, 1.82) is 0 Å². The van der Waals surface area contributed by atoms with Crippen LogP contribution in [0.5, 0.6) is 0 Å². The van der Waals surface area contributed by atoms with Crippen molar-refractivity contribution in [2.24, 2.45) is 0 Å². The molecular formula is C26H28ClFN2O4. The van der Waals surface area contributed by atoms with Crippen molar-refractivity contribution >= 4 is 23.5 Å². The number of rotatable bonds is 8. The summed E-state index contributed by atoms with van der Waals surface area (Å²) in [5.74, 6) is -2.84. The molecule has 8 heteroatoms. The highest BCUT2D eigenvalue weighted by molar-refractivity contribution is 6.31. The standard InChI is InChI=1S/C26H28ClFN2O4/c1-16-21(25(31)33-4)23(19-11-8-12-20(28)24(19)27)22(17(2)29-16)26(32)34-14-13-30(3)15-18-9-6-5-7-10-18/h5-12,23,29H,13-15H2,1-4H3. The van der Waals surface area contributed by atoms with Gasteiger partial charge in [0.2, 0.25) is 0 Å². The highest BCUT2D eigenvalue weighted by atomic mass is 35.5. The van der Waals surface area contributed by atoms with Gasteiger partial charge in [-0.05, 0) is 38.1 Å². The first-order valence-electron chi connectivity index (χ1n) is 10.8. The Bertz CT molecular complexity index is 1130. The van der Waals surface area contributed by atoms with Gasteiger partial charge in [0.15, 0.2) is 0 Å². The molecular weight excluding hydrogens is 459 g/mol. The fourth-order valence-electron chi connectivity index (χ4n) is 4.05. The van der Waals surface area contributed by atoms with Crippen molar-refractivity contribution in [1.82, 2.24) is 10.2 Å². The number of carbonyl (C=O) groups excluding carboxylic acids is 2. The summed E-state index contributed by atoms with van der Waals surface area (Å²) in [5.41, 5.74) is 2.79. The van der Waals surface area contributed by atoms with Gasteiger partial charge in [0.1, 0.15) is 12.4 Å². The Labute approximate surface area is 204 Å². The number of nitrogens with zero attached hydrogens (tertiary/aromatic N) is 1. The molecule has 3 rings (SSSR count). The van der Waals surface area contributed by atoms with E-state index in [1.54, 1.807) is 19.9 Å². The van der Waals surface area contributed by atoms with Crippen LogP contribution in [-0.2, 0) is 25.6 Å². The molecule has 0 aliphatic carbocycles. The molecule has 6 nitrogen and oxygen atoms in total. The van der Waals surface area contributed by atoms with Gasteiger partial charge in [-0.3, -0.25) is 4.90 Å². The SMILES string of the molecule is COC(=O)C1=C(C)NC(C)=C(C(=O)OCCN(C)Cc2ccccc2)C1c1cccc(F)c1Cl. The molecule has 0 radical (unpaired) electrons. The zero-order valence-electron chi connectivity index (χ0n) is 19.7. The van der Waals surface area contributed by atoms with E-state index in [0.717, 1.165) is 5.56 Å². The van der Waals surface area contributed by atoms with Crippen molar-refractivity contribution in [3.8, 4) is 0 Å². The Kier molecular flexibility index (Phi) is 8.47. The molecule has 0 aromatic heterocycles. The maximum absolute atomic E-state index is 14.3. The van der Waals surface area contributed by atoms with Crippen LogP contribution in [0.1, 0.15) is 30.9 Å². The van der Waals surface area contributed by atoms with Crippen LogP contribution in [0.3, 0.4) is 0 Å². The number of nitrogens with one attached hydrogen (secondary N) is 1. The number of esters is 2. The summed E-state index contributed by atoms with van der Waals surface area (Å²) in [7, 11) is 3.18. The maximum Gasteiger partial charge on any atom is 0.336 e. The number of ether oxygens (including phenoxy) is 2. The lowest BCUT2D eigenvalue weighted by Crippen LogP contribution is -2.33. The summed E-state index contributed by atoms with van der Waals surface area (Å²) in [6.07, 6.45) is 0. The lowest BCUT2D eigenvalue weighted by molar-refractivity contribution is -0.139. The Morgan fingerprint density at radius 3 is 2.32 bits per heavy atom. The lowest BCUT2D eigenvalue weighted by Gasteiger charge is -2.31. The van der Waals surface area contributed by atoms with E-state index in [0.29, 0.717) is 24.5 Å². The average molecular weight is 487 g/mol. The second-order valence-electron chi connectivity index (χ2n) is 8.13.